The predicted octanol–water partition coefficient (Wildman–Crippen LogP) is 22.3. The van der Waals surface area contributed by atoms with Crippen molar-refractivity contribution in [3.63, 3.8) is 0 Å². The van der Waals surface area contributed by atoms with Crippen LogP contribution in [0.3, 0.4) is 0 Å². The van der Waals surface area contributed by atoms with Gasteiger partial charge >= 0.3 is 39.5 Å². The molecule has 17 nitrogen and oxygen atoms in total. The molecule has 7 atom stereocenters. The Kier molecular flexibility index (Phi) is 66.5. The van der Waals surface area contributed by atoms with Crippen molar-refractivity contribution in [2.24, 2.45) is 11.8 Å². The van der Waals surface area contributed by atoms with E-state index in [2.05, 4.69) is 41.5 Å². The molecule has 0 aromatic heterocycles. The molecule has 0 fully saturated rings. The normalized spacial score (nSPS) is 14.6. The van der Waals surface area contributed by atoms with Gasteiger partial charge in [-0.15, -0.1) is 0 Å². The van der Waals surface area contributed by atoms with E-state index in [1.165, 1.54) is 212 Å². The van der Waals surface area contributed by atoms with E-state index in [1.54, 1.807) is 0 Å². The number of rotatable bonds is 75. The van der Waals surface area contributed by atoms with Gasteiger partial charge in [0.25, 0.3) is 0 Å². The van der Waals surface area contributed by atoms with E-state index in [0.717, 1.165) is 102 Å². The number of aliphatic hydroxyl groups is 1. The van der Waals surface area contributed by atoms with Crippen LogP contribution >= 0.6 is 15.6 Å². The molecule has 0 aliphatic heterocycles. The summed E-state index contributed by atoms with van der Waals surface area (Å²) in [6.07, 6.45) is 55.5. The SMILES string of the molecule is CCCCCCCCCCCCCCCCCCCCCCCC(=O)O[C@H](COC(=O)CCCCCCCCCCC(C)CC)COP(=O)(O)OC[C@@H](O)COP(=O)(O)OC[C@@H](COC(=O)CCCCCCCCCCCC)OC(=O)CCCCCCCCCCC(C)CC. The van der Waals surface area contributed by atoms with Crippen molar-refractivity contribution in [1.82, 2.24) is 0 Å². The number of hydrogen-bond donors (Lipinski definition) is 3. The molecule has 0 amide bonds. The molecule has 3 N–H and O–H groups in total. The molecule has 0 bridgehead atoms. The molecule has 0 aromatic rings. The van der Waals surface area contributed by atoms with E-state index in [1.807, 2.05) is 0 Å². The third-order valence-corrected chi connectivity index (χ3v) is 20.3. The van der Waals surface area contributed by atoms with E-state index in [4.69, 9.17) is 37.0 Å². The quantitative estimate of drug-likeness (QED) is 0.0222. The van der Waals surface area contributed by atoms with Gasteiger partial charge in [-0.3, -0.25) is 37.3 Å². The first-order valence-electron chi connectivity index (χ1n) is 39.6. The Morgan fingerprint density at radius 1 is 0.295 bits per heavy atom. The maximum atomic E-state index is 13.1. The molecule has 0 spiro atoms. The monoisotopic (exact) mass is 1400 g/mol. The van der Waals surface area contributed by atoms with Gasteiger partial charge in [-0.1, -0.05) is 343 Å². The van der Waals surface area contributed by atoms with Crippen molar-refractivity contribution in [2.45, 2.75) is 413 Å². The molecular formula is C76H148O17P2. The van der Waals surface area contributed by atoms with Gasteiger partial charge < -0.3 is 33.8 Å². The maximum Gasteiger partial charge on any atom is 0.472 e. The van der Waals surface area contributed by atoms with E-state index < -0.39 is 97.5 Å². The minimum absolute atomic E-state index is 0.105. The fourth-order valence-electron chi connectivity index (χ4n) is 11.6. The van der Waals surface area contributed by atoms with Gasteiger partial charge in [0, 0.05) is 25.7 Å². The van der Waals surface area contributed by atoms with Crippen LogP contribution in [0.1, 0.15) is 395 Å². The lowest BCUT2D eigenvalue weighted by Gasteiger charge is -2.21. The van der Waals surface area contributed by atoms with E-state index in [0.29, 0.717) is 25.7 Å². The maximum absolute atomic E-state index is 13.1. The lowest BCUT2D eigenvalue weighted by Crippen LogP contribution is -2.30. The molecule has 564 valence electrons. The van der Waals surface area contributed by atoms with Crippen LogP contribution in [0.4, 0.5) is 0 Å². The van der Waals surface area contributed by atoms with Gasteiger partial charge in [0.1, 0.15) is 19.3 Å². The molecule has 0 heterocycles. The summed E-state index contributed by atoms with van der Waals surface area (Å²) in [6.45, 7) is 9.58. The number of ether oxygens (including phenoxy) is 4. The Bertz CT molecular complexity index is 1840. The molecule has 4 unspecified atom stereocenters. The second-order valence-electron chi connectivity index (χ2n) is 27.9. The fourth-order valence-corrected chi connectivity index (χ4v) is 13.2. The standard InChI is InChI=1S/C76H148O17P2/c1-7-11-13-15-17-19-21-22-23-24-25-26-27-28-29-30-31-33-42-48-54-60-75(80)92-71(65-87-74(79)59-53-47-41-36-34-38-44-50-56-68(5)9-3)66-90-94(82,83)88-62-70(77)63-89-95(84,85)91-67-72(64-86-73(78)58-52-46-40-32-20-18-16-14-12-8-2)93-76(81)61-55-49-43-37-35-39-45-51-57-69(6)10-4/h68-72,77H,7-67H2,1-6H3,(H,82,83)(H,84,85)/t68?,69?,70-,71-,72-/m1/s1. The number of carbonyl (C=O) groups is 4. The summed E-state index contributed by atoms with van der Waals surface area (Å²) in [5, 5.41) is 10.6. The molecule has 0 saturated heterocycles. The number of hydrogen-bond acceptors (Lipinski definition) is 15. The highest BCUT2D eigenvalue weighted by atomic mass is 31.2. The second-order valence-corrected chi connectivity index (χ2v) is 30.8. The van der Waals surface area contributed by atoms with Crippen LogP contribution in [0.5, 0.6) is 0 Å². The first-order chi connectivity index (χ1) is 45.9. The Balaban J connectivity index is 5.20. The Morgan fingerprint density at radius 3 is 0.747 bits per heavy atom. The zero-order valence-electron chi connectivity index (χ0n) is 62.0. The zero-order chi connectivity index (χ0) is 70.0. The topological polar surface area (TPSA) is 237 Å². The summed E-state index contributed by atoms with van der Waals surface area (Å²) < 4.78 is 68.5. The molecule has 0 aliphatic rings. The van der Waals surface area contributed by atoms with Crippen molar-refractivity contribution in [1.29, 1.82) is 0 Å². The largest absolute Gasteiger partial charge is 0.472 e. The smallest absolute Gasteiger partial charge is 0.462 e. The summed E-state index contributed by atoms with van der Waals surface area (Å²) in [5.74, 6) is -0.572. The number of aliphatic hydroxyl groups excluding tert-OH is 1. The Hall–Kier alpha value is -1.94. The molecule has 0 radical (unpaired) electrons. The highest BCUT2D eigenvalue weighted by Crippen LogP contribution is 2.45. The molecule has 19 heteroatoms. The number of esters is 4. The van der Waals surface area contributed by atoms with Gasteiger partial charge in [0.05, 0.1) is 26.4 Å². The average molecular weight is 1400 g/mol. The minimum Gasteiger partial charge on any atom is -0.462 e. The molecular weight excluding hydrogens is 1250 g/mol. The van der Waals surface area contributed by atoms with Gasteiger partial charge in [0.15, 0.2) is 12.2 Å². The van der Waals surface area contributed by atoms with Crippen LogP contribution < -0.4 is 0 Å². The van der Waals surface area contributed by atoms with Crippen LogP contribution in [0.2, 0.25) is 0 Å². The van der Waals surface area contributed by atoms with Gasteiger partial charge in [-0.05, 0) is 37.5 Å². The summed E-state index contributed by atoms with van der Waals surface area (Å²) in [6, 6.07) is 0. The number of carbonyl (C=O) groups excluding carboxylic acids is 4. The first-order valence-corrected chi connectivity index (χ1v) is 42.6. The summed E-state index contributed by atoms with van der Waals surface area (Å²) >= 11 is 0. The van der Waals surface area contributed by atoms with E-state index in [9.17, 15) is 43.2 Å². The molecule has 0 saturated carbocycles. The van der Waals surface area contributed by atoms with Crippen LogP contribution in [0.15, 0.2) is 0 Å². The van der Waals surface area contributed by atoms with Crippen molar-refractivity contribution >= 4 is 39.5 Å². The summed E-state index contributed by atoms with van der Waals surface area (Å²) in [4.78, 5) is 72.8. The highest BCUT2D eigenvalue weighted by molar-refractivity contribution is 7.47. The Morgan fingerprint density at radius 2 is 0.505 bits per heavy atom. The fraction of sp³-hybridized carbons (Fsp3) is 0.947. The van der Waals surface area contributed by atoms with Gasteiger partial charge in [0.2, 0.25) is 0 Å². The Labute approximate surface area is 581 Å². The highest BCUT2D eigenvalue weighted by Gasteiger charge is 2.30. The second kappa shape index (κ2) is 67.9. The van der Waals surface area contributed by atoms with Crippen molar-refractivity contribution in [3.05, 3.63) is 0 Å². The lowest BCUT2D eigenvalue weighted by atomic mass is 9.99. The van der Waals surface area contributed by atoms with Crippen molar-refractivity contribution in [3.8, 4) is 0 Å². The number of phosphoric acid groups is 2. The number of phosphoric ester groups is 2. The summed E-state index contributed by atoms with van der Waals surface area (Å²) in [5.41, 5.74) is 0. The van der Waals surface area contributed by atoms with Crippen LogP contribution in [0, 0.1) is 11.8 Å². The molecule has 0 rings (SSSR count). The predicted molar refractivity (Wildman–Crippen MR) is 386 cm³/mol. The molecule has 95 heavy (non-hydrogen) atoms. The van der Waals surface area contributed by atoms with Crippen molar-refractivity contribution < 1.29 is 80.2 Å². The molecule has 0 aliphatic carbocycles. The summed E-state index contributed by atoms with van der Waals surface area (Å²) in [7, 11) is -9.91. The van der Waals surface area contributed by atoms with Crippen molar-refractivity contribution in [2.75, 3.05) is 39.6 Å². The zero-order valence-corrected chi connectivity index (χ0v) is 63.8. The molecule has 0 aromatic carbocycles. The minimum atomic E-state index is -4.96. The van der Waals surface area contributed by atoms with Crippen LogP contribution in [-0.2, 0) is 65.4 Å². The van der Waals surface area contributed by atoms with Gasteiger partial charge in [-0.2, -0.15) is 0 Å². The van der Waals surface area contributed by atoms with E-state index in [-0.39, 0.29) is 25.7 Å². The third kappa shape index (κ3) is 67.6. The first kappa shape index (κ1) is 93.1. The van der Waals surface area contributed by atoms with E-state index >= 15 is 0 Å². The number of unbranched alkanes of at least 4 members (excludes halogenated alkanes) is 43. The van der Waals surface area contributed by atoms with Crippen LogP contribution in [-0.4, -0.2) is 96.7 Å². The lowest BCUT2D eigenvalue weighted by molar-refractivity contribution is -0.161. The third-order valence-electron chi connectivity index (χ3n) is 18.4. The van der Waals surface area contributed by atoms with Gasteiger partial charge in [-0.25, -0.2) is 9.13 Å². The average Bonchev–Trinajstić information content (AvgIpc) is 2.17. The van der Waals surface area contributed by atoms with Crippen LogP contribution in [0.25, 0.3) is 0 Å².